The second-order valence-corrected chi connectivity index (χ2v) is 5.17. The summed E-state index contributed by atoms with van der Waals surface area (Å²) in [5, 5.41) is 9.07. The van der Waals surface area contributed by atoms with Crippen molar-refractivity contribution >= 4 is 11.7 Å². The van der Waals surface area contributed by atoms with Gasteiger partial charge in [0, 0.05) is 18.8 Å². The van der Waals surface area contributed by atoms with Crippen molar-refractivity contribution in [2.24, 2.45) is 5.92 Å². The molecule has 0 aliphatic carbocycles. The first kappa shape index (κ1) is 13.9. The van der Waals surface area contributed by atoms with E-state index in [-0.39, 0.29) is 5.92 Å². The van der Waals surface area contributed by atoms with Crippen LogP contribution < -0.4 is 4.90 Å². The average Bonchev–Trinajstić information content (AvgIpc) is 2.41. The first-order chi connectivity index (χ1) is 9.08. The molecular formula is C15H21NO3. The number of carboxylic acids is 1. The highest BCUT2D eigenvalue weighted by Crippen LogP contribution is 2.25. The summed E-state index contributed by atoms with van der Waals surface area (Å²) < 4.78 is 5.37. The summed E-state index contributed by atoms with van der Waals surface area (Å²) in [5.74, 6) is -1.10. The second kappa shape index (κ2) is 6.06. The number of carbonyl (C=O) groups is 1. The van der Waals surface area contributed by atoms with Gasteiger partial charge in [-0.3, -0.25) is 4.79 Å². The fraction of sp³-hybridized carbons (Fsp3) is 0.533. The van der Waals surface area contributed by atoms with Gasteiger partial charge in [-0.25, -0.2) is 0 Å². The van der Waals surface area contributed by atoms with Crippen LogP contribution in [0.2, 0.25) is 0 Å². The Labute approximate surface area is 114 Å². The number of hydrogen-bond donors (Lipinski definition) is 1. The third-order valence-electron chi connectivity index (χ3n) is 3.54. The zero-order chi connectivity index (χ0) is 13.8. The van der Waals surface area contributed by atoms with Crippen molar-refractivity contribution in [3.05, 3.63) is 29.3 Å². The van der Waals surface area contributed by atoms with Crippen molar-refractivity contribution in [1.29, 1.82) is 0 Å². The number of hydrogen-bond acceptors (Lipinski definition) is 3. The summed E-state index contributed by atoms with van der Waals surface area (Å²) in [5.41, 5.74) is 3.48. The van der Waals surface area contributed by atoms with Crippen molar-refractivity contribution in [3.63, 3.8) is 0 Å². The Hall–Kier alpha value is -1.55. The van der Waals surface area contributed by atoms with Crippen LogP contribution in [0.3, 0.4) is 0 Å². The molecule has 104 valence electrons. The molecule has 1 unspecified atom stereocenters. The van der Waals surface area contributed by atoms with Gasteiger partial charge in [0.2, 0.25) is 0 Å². The molecular weight excluding hydrogens is 242 g/mol. The Morgan fingerprint density at radius 2 is 2.11 bits per heavy atom. The molecule has 0 radical (unpaired) electrons. The van der Waals surface area contributed by atoms with Gasteiger partial charge in [0.05, 0.1) is 19.1 Å². The van der Waals surface area contributed by atoms with E-state index in [0.717, 1.165) is 37.6 Å². The van der Waals surface area contributed by atoms with Gasteiger partial charge >= 0.3 is 5.97 Å². The lowest BCUT2D eigenvalue weighted by atomic mass is 9.98. The summed E-state index contributed by atoms with van der Waals surface area (Å²) in [4.78, 5) is 13.3. The van der Waals surface area contributed by atoms with Crippen LogP contribution >= 0.6 is 0 Å². The zero-order valence-electron chi connectivity index (χ0n) is 11.6. The van der Waals surface area contributed by atoms with E-state index in [1.165, 1.54) is 5.56 Å². The van der Waals surface area contributed by atoms with Gasteiger partial charge in [0.15, 0.2) is 0 Å². The molecule has 1 atom stereocenters. The zero-order valence-corrected chi connectivity index (χ0v) is 11.6. The number of nitrogens with zero attached hydrogens (tertiary/aromatic N) is 1. The molecule has 1 aliphatic heterocycles. The van der Waals surface area contributed by atoms with Crippen LogP contribution in [0.1, 0.15) is 18.1 Å². The average molecular weight is 263 g/mol. The number of rotatable bonds is 4. The monoisotopic (exact) mass is 263 g/mol. The molecule has 0 amide bonds. The fourth-order valence-electron chi connectivity index (χ4n) is 2.36. The third-order valence-corrected chi connectivity index (χ3v) is 3.54. The quantitative estimate of drug-likeness (QED) is 0.903. The molecule has 1 N–H and O–H groups in total. The first-order valence-electron chi connectivity index (χ1n) is 6.73. The van der Waals surface area contributed by atoms with Gasteiger partial charge in [0.25, 0.3) is 0 Å². The minimum Gasteiger partial charge on any atom is -0.481 e. The van der Waals surface area contributed by atoms with Gasteiger partial charge < -0.3 is 14.7 Å². The molecule has 4 heteroatoms. The Morgan fingerprint density at radius 1 is 1.42 bits per heavy atom. The van der Waals surface area contributed by atoms with E-state index in [1.54, 1.807) is 6.92 Å². The Kier molecular flexibility index (Phi) is 4.43. The smallest absolute Gasteiger partial charge is 0.306 e. The van der Waals surface area contributed by atoms with Crippen LogP contribution in [0.4, 0.5) is 5.69 Å². The van der Waals surface area contributed by atoms with Gasteiger partial charge in [0.1, 0.15) is 0 Å². The maximum Gasteiger partial charge on any atom is 0.306 e. The molecule has 2 rings (SSSR count). The summed E-state index contributed by atoms with van der Waals surface area (Å²) in [6.45, 7) is 7.04. The molecule has 0 bridgehead atoms. The molecule has 1 aliphatic rings. The lowest BCUT2D eigenvalue weighted by Gasteiger charge is -2.31. The summed E-state index contributed by atoms with van der Waals surface area (Å²) in [6, 6.07) is 6.25. The van der Waals surface area contributed by atoms with Crippen LogP contribution in [-0.2, 0) is 16.0 Å². The Morgan fingerprint density at radius 3 is 2.74 bits per heavy atom. The predicted molar refractivity (Wildman–Crippen MR) is 74.7 cm³/mol. The molecule has 19 heavy (non-hydrogen) atoms. The standard InChI is InChI=1S/C15H21NO3/c1-11-3-4-13(10-12(2)15(17)18)14(9-11)16-5-7-19-8-6-16/h3-4,9,12H,5-8,10H2,1-2H3,(H,17,18). The Balaban J connectivity index is 2.24. The molecule has 1 aromatic rings. The number of benzene rings is 1. The number of carboxylic acid groups (broad SMARTS) is 1. The van der Waals surface area contributed by atoms with E-state index in [9.17, 15) is 4.79 Å². The highest BCUT2D eigenvalue weighted by atomic mass is 16.5. The molecule has 1 aromatic carbocycles. The number of morpholine rings is 1. The number of ether oxygens (including phenoxy) is 1. The van der Waals surface area contributed by atoms with Crippen LogP contribution in [0, 0.1) is 12.8 Å². The topological polar surface area (TPSA) is 49.8 Å². The molecule has 0 spiro atoms. The summed E-state index contributed by atoms with van der Waals surface area (Å²) in [7, 11) is 0. The van der Waals surface area contributed by atoms with Crippen molar-refractivity contribution < 1.29 is 14.6 Å². The maximum absolute atomic E-state index is 11.0. The summed E-state index contributed by atoms with van der Waals surface area (Å²) >= 11 is 0. The van der Waals surface area contributed by atoms with Crippen molar-refractivity contribution in [2.75, 3.05) is 31.2 Å². The fourth-order valence-corrected chi connectivity index (χ4v) is 2.36. The second-order valence-electron chi connectivity index (χ2n) is 5.17. The molecule has 1 saturated heterocycles. The Bertz CT molecular complexity index is 453. The SMILES string of the molecule is Cc1ccc(CC(C)C(=O)O)c(N2CCOCC2)c1. The highest BCUT2D eigenvalue weighted by Gasteiger charge is 2.18. The third kappa shape index (κ3) is 3.47. The van der Waals surface area contributed by atoms with Gasteiger partial charge in [-0.15, -0.1) is 0 Å². The minimum atomic E-state index is -0.742. The van der Waals surface area contributed by atoms with Crippen LogP contribution in [-0.4, -0.2) is 37.4 Å². The van der Waals surface area contributed by atoms with E-state index in [4.69, 9.17) is 9.84 Å². The van der Waals surface area contributed by atoms with Crippen LogP contribution in [0.15, 0.2) is 18.2 Å². The van der Waals surface area contributed by atoms with E-state index < -0.39 is 5.97 Å². The van der Waals surface area contributed by atoms with Crippen molar-refractivity contribution in [2.45, 2.75) is 20.3 Å². The first-order valence-corrected chi connectivity index (χ1v) is 6.73. The molecule has 1 heterocycles. The molecule has 0 saturated carbocycles. The van der Waals surface area contributed by atoms with Crippen LogP contribution in [0.5, 0.6) is 0 Å². The highest BCUT2D eigenvalue weighted by molar-refractivity contribution is 5.70. The van der Waals surface area contributed by atoms with E-state index in [0.29, 0.717) is 6.42 Å². The number of aryl methyl sites for hydroxylation is 1. The number of aliphatic carboxylic acids is 1. The van der Waals surface area contributed by atoms with E-state index in [2.05, 4.69) is 24.0 Å². The predicted octanol–water partition coefficient (Wildman–Crippen LogP) is 2.09. The molecule has 1 fully saturated rings. The number of anilines is 1. The lowest BCUT2D eigenvalue weighted by molar-refractivity contribution is -0.141. The minimum absolute atomic E-state index is 0.359. The largest absolute Gasteiger partial charge is 0.481 e. The normalized spacial score (nSPS) is 17.3. The molecule has 4 nitrogen and oxygen atoms in total. The lowest BCUT2D eigenvalue weighted by Crippen LogP contribution is -2.37. The van der Waals surface area contributed by atoms with Crippen molar-refractivity contribution in [3.8, 4) is 0 Å². The van der Waals surface area contributed by atoms with E-state index in [1.807, 2.05) is 6.07 Å². The van der Waals surface area contributed by atoms with Crippen molar-refractivity contribution in [1.82, 2.24) is 0 Å². The van der Waals surface area contributed by atoms with Gasteiger partial charge in [-0.1, -0.05) is 19.1 Å². The van der Waals surface area contributed by atoms with Crippen LogP contribution in [0.25, 0.3) is 0 Å². The van der Waals surface area contributed by atoms with Gasteiger partial charge in [-0.2, -0.15) is 0 Å². The van der Waals surface area contributed by atoms with Gasteiger partial charge in [-0.05, 0) is 30.5 Å². The maximum atomic E-state index is 11.0. The summed E-state index contributed by atoms with van der Waals surface area (Å²) in [6.07, 6.45) is 0.572. The molecule has 0 aromatic heterocycles. The van der Waals surface area contributed by atoms with E-state index >= 15 is 0 Å².